The average molecular weight is 301 g/mol. The number of nitrogens with one attached hydrogen (secondary N) is 1. The molecule has 3 nitrogen and oxygen atoms in total. The van der Waals surface area contributed by atoms with Crippen LogP contribution in [0.2, 0.25) is 0 Å². The van der Waals surface area contributed by atoms with Gasteiger partial charge in [0.2, 0.25) is 0 Å². The number of benzene rings is 1. The predicted molar refractivity (Wildman–Crippen MR) is 88.1 cm³/mol. The molecule has 0 spiro atoms. The minimum Gasteiger partial charge on any atom is -0.494 e. The molecular weight excluding hydrogens is 274 g/mol. The summed E-state index contributed by atoms with van der Waals surface area (Å²) in [4.78, 5) is 12.5. The maximum absolute atomic E-state index is 12.5. The normalized spacial score (nSPS) is 32.0. The number of carbonyl (C=O) groups is 1. The van der Waals surface area contributed by atoms with E-state index in [0.29, 0.717) is 23.6 Å². The van der Waals surface area contributed by atoms with Gasteiger partial charge in [0.1, 0.15) is 5.75 Å². The SMILES string of the molecule is CCOc1ccc(C(=O)N[C@@H]2C[C@H]3CC[C@@]2(C)C3(C)C)cc1. The van der Waals surface area contributed by atoms with Crippen LogP contribution < -0.4 is 10.1 Å². The quantitative estimate of drug-likeness (QED) is 0.912. The average Bonchev–Trinajstić information content (AvgIpc) is 2.81. The molecule has 1 aromatic rings. The van der Waals surface area contributed by atoms with E-state index in [9.17, 15) is 4.79 Å². The van der Waals surface area contributed by atoms with Crippen LogP contribution in [0.1, 0.15) is 57.3 Å². The van der Waals surface area contributed by atoms with Gasteiger partial charge >= 0.3 is 0 Å². The number of hydrogen-bond donors (Lipinski definition) is 1. The van der Waals surface area contributed by atoms with Crippen molar-refractivity contribution in [3.8, 4) is 5.75 Å². The summed E-state index contributed by atoms with van der Waals surface area (Å²) in [7, 11) is 0. The second kappa shape index (κ2) is 5.29. The van der Waals surface area contributed by atoms with Crippen LogP contribution in [0.5, 0.6) is 5.75 Å². The fourth-order valence-electron chi connectivity index (χ4n) is 4.53. The Labute approximate surface area is 133 Å². The maximum atomic E-state index is 12.5. The molecule has 2 fully saturated rings. The molecule has 0 heterocycles. The molecular formula is C19H27NO2. The van der Waals surface area contributed by atoms with Crippen molar-refractivity contribution in [2.75, 3.05) is 6.61 Å². The van der Waals surface area contributed by atoms with Crippen molar-refractivity contribution in [3.05, 3.63) is 29.8 Å². The number of ether oxygens (including phenoxy) is 1. The molecule has 0 aromatic heterocycles. The minimum atomic E-state index is 0.0395. The van der Waals surface area contributed by atoms with Crippen molar-refractivity contribution in [1.82, 2.24) is 5.32 Å². The van der Waals surface area contributed by atoms with Gasteiger partial charge in [0.25, 0.3) is 5.91 Å². The largest absolute Gasteiger partial charge is 0.494 e. The van der Waals surface area contributed by atoms with E-state index in [0.717, 1.165) is 18.1 Å². The van der Waals surface area contributed by atoms with E-state index < -0.39 is 0 Å². The smallest absolute Gasteiger partial charge is 0.251 e. The Morgan fingerprint density at radius 2 is 1.95 bits per heavy atom. The minimum absolute atomic E-state index is 0.0395. The van der Waals surface area contributed by atoms with Crippen LogP contribution in [-0.2, 0) is 0 Å². The molecule has 0 saturated heterocycles. The van der Waals surface area contributed by atoms with E-state index in [1.165, 1.54) is 12.8 Å². The van der Waals surface area contributed by atoms with Gasteiger partial charge in [0, 0.05) is 11.6 Å². The van der Waals surface area contributed by atoms with Crippen molar-refractivity contribution in [2.24, 2.45) is 16.7 Å². The summed E-state index contributed by atoms with van der Waals surface area (Å²) in [5, 5.41) is 3.29. The molecule has 3 heteroatoms. The van der Waals surface area contributed by atoms with Crippen LogP contribution in [0.4, 0.5) is 0 Å². The van der Waals surface area contributed by atoms with E-state index in [4.69, 9.17) is 4.74 Å². The highest BCUT2D eigenvalue weighted by atomic mass is 16.5. The number of rotatable bonds is 4. The van der Waals surface area contributed by atoms with Gasteiger partial charge in [0.15, 0.2) is 0 Å². The predicted octanol–water partition coefficient (Wildman–Crippen LogP) is 4.03. The first-order chi connectivity index (χ1) is 10.4. The van der Waals surface area contributed by atoms with Gasteiger partial charge in [-0.05, 0) is 67.2 Å². The van der Waals surface area contributed by atoms with Crippen LogP contribution >= 0.6 is 0 Å². The molecule has 3 atom stereocenters. The van der Waals surface area contributed by atoms with Crippen LogP contribution in [0.15, 0.2) is 24.3 Å². The first-order valence-electron chi connectivity index (χ1n) is 8.42. The number of carbonyl (C=O) groups excluding carboxylic acids is 1. The number of hydrogen-bond acceptors (Lipinski definition) is 2. The fraction of sp³-hybridized carbons (Fsp3) is 0.632. The summed E-state index contributed by atoms with van der Waals surface area (Å²) in [5.74, 6) is 1.59. The molecule has 2 bridgehead atoms. The lowest BCUT2D eigenvalue weighted by Gasteiger charge is -2.39. The summed E-state index contributed by atoms with van der Waals surface area (Å²) in [5.41, 5.74) is 1.26. The Balaban J connectivity index is 1.70. The second-order valence-corrected chi connectivity index (χ2v) is 7.59. The Hall–Kier alpha value is -1.51. The van der Waals surface area contributed by atoms with Crippen LogP contribution in [0, 0.1) is 16.7 Å². The molecule has 0 radical (unpaired) electrons. The molecule has 1 amide bonds. The lowest BCUT2D eigenvalue weighted by molar-refractivity contribution is 0.0826. The highest BCUT2D eigenvalue weighted by Gasteiger charge is 2.61. The third-order valence-electron chi connectivity index (χ3n) is 6.53. The Morgan fingerprint density at radius 3 is 2.45 bits per heavy atom. The van der Waals surface area contributed by atoms with Gasteiger partial charge in [-0.3, -0.25) is 4.79 Å². The van der Waals surface area contributed by atoms with Gasteiger partial charge in [0.05, 0.1) is 6.61 Å². The lowest BCUT2D eigenvalue weighted by atomic mass is 9.69. The molecule has 0 unspecified atom stereocenters. The Kier molecular flexibility index (Phi) is 3.70. The molecule has 1 N–H and O–H groups in total. The molecule has 2 aliphatic rings. The molecule has 2 aliphatic carbocycles. The van der Waals surface area contributed by atoms with E-state index >= 15 is 0 Å². The molecule has 0 aliphatic heterocycles. The van der Waals surface area contributed by atoms with Gasteiger partial charge in [-0.25, -0.2) is 0 Å². The standard InChI is InChI=1S/C19H27NO2/c1-5-22-15-8-6-13(7-9-15)17(21)20-16-12-14-10-11-19(16,4)18(14,2)3/h6-9,14,16H,5,10-12H2,1-4H3,(H,20,21)/t14-,16-,19-/m1/s1. The first kappa shape index (κ1) is 15.4. The summed E-state index contributed by atoms with van der Waals surface area (Å²) in [6.07, 6.45) is 3.64. The van der Waals surface area contributed by atoms with E-state index in [-0.39, 0.29) is 11.3 Å². The third kappa shape index (κ3) is 2.22. The summed E-state index contributed by atoms with van der Waals surface area (Å²) >= 11 is 0. The summed E-state index contributed by atoms with van der Waals surface area (Å²) < 4.78 is 5.43. The highest BCUT2D eigenvalue weighted by Crippen LogP contribution is 2.65. The van der Waals surface area contributed by atoms with E-state index in [2.05, 4.69) is 26.1 Å². The number of amides is 1. The van der Waals surface area contributed by atoms with Gasteiger partial charge < -0.3 is 10.1 Å². The van der Waals surface area contributed by atoms with Gasteiger partial charge in [-0.15, -0.1) is 0 Å². The Bertz CT molecular complexity index is 563. The van der Waals surface area contributed by atoms with Gasteiger partial charge in [-0.2, -0.15) is 0 Å². The van der Waals surface area contributed by atoms with Crippen molar-refractivity contribution in [3.63, 3.8) is 0 Å². The second-order valence-electron chi connectivity index (χ2n) is 7.59. The van der Waals surface area contributed by atoms with Gasteiger partial charge in [-0.1, -0.05) is 20.8 Å². The zero-order chi connectivity index (χ0) is 16.0. The lowest BCUT2D eigenvalue weighted by Crippen LogP contribution is -2.46. The van der Waals surface area contributed by atoms with E-state index in [1.807, 2.05) is 31.2 Å². The van der Waals surface area contributed by atoms with Crippen molar-refractivity contribution >= 4 is 5.91 Å². The van der Waals surface area contributed by atoms with Crippen molar-refractivity contribution < 1.29 is 9.53 Å². The zero-order valence-electron chi connectivity index (χ0n) is 14.1. The fourth-order valence-corrected chi connectivity index (χ4v) is 4.53. The first-order valence-corrected chi connectivity index (χ1v) is 8.42. The van der Waals surface area contributed by atoms with Crippen LogP contribution in [0.25, 0.3) is 0 Å². The summed E-state index contributed by atoms with van der Waals surface area (Å²) in [6, 6.07) is 7.72. The zero-order valence-corrected chi connectivity index (χ0v) is 14.1. The summed E-state index contributed by atoms with van der Waals surface area (Å²) in [6.45, 7) is 9.69. The molecule has 1 aromatic carbocycles. The number of fused-ring (bicyclic) bond motifs is 2. The molecule has 120 valence electrons. The highest BCUT2D eigenvalue weighted by molar-refractivity contribution is 5.94. The monoisotopic (exact) mass is 301 g/mol. The van der Waals surface area contributed by atoms with E-state index in [1.54, 1.807) is 0 Å². The van der Waals surface area contributed by atoms with Crippen molar-refractivity contribution in [1.29, 1.82) is 0 Å². The van der Waals surface area contributed by atoms with Crippen molar-refractivity contribution in [2.45, 2.75) is 53.0 Å². The Morgan fingerprint density at radius 1 is 1.27 bits per heavy atom. The van der Waals surface area contributed by atoms with Crippen LogP contribution in [-0.4, -0.2) is 18.6 Å². The molecule has 2 saturated carbocycles. The topological polar surface area (TPSA) is 38.3 Å². The molecule has 3 rings (SSSR count). The maximum Gasteiger partial charge on any atom is 0.251 e. The molecule has 22 heavy (non-hydrogen) atoms. The van der Waals surface area contributed by atoms with Crippen LogP contribution in [0.3, 0.4) is 0 Å². The third-order valence-corrected chi connectivity index (χ3v) is 6.53.